The van der Waals surface area contributed by atoms with Crippen molar-refractivity contribution in [2.45, 2.75) is 6.36 Å². The van der Waals surface area contributed by atoms with Gasteiger partial charge in [-0.05, 0) is 18.2 Å². The Morgan fingerprint density at radius 3 is 2.33 bits per heavy atom. The number of alkyl halides is 3. The predicted octanol–water partition coefficient (Wildman–Crippen LogP) is -0.153. The van der Waals surface area contributed by atoms with Crippen molar-refractivity contribution in [1.29, 1.82) is 0 Å². The molecule has 8 heteroatoms. The average Bonchev–Trinajstić information content (AvgIpc) is 2.05. The molecule has 0 aliphatic heterocycles. The Hall–Kier alpha value is -1.41. The van der Waals surface area contributed by atoms with Crippen LogP contribution in [0.15, 0.2) is 18.2 Å². The molecule has 0 radical (unpaired) electrons. The number of rotatable bonds is 2. The Morgan fingerprint density at radius 1 is 1.27 bits per heavy atom. The van der Waals surface area contributed by atoms with Crippen LogP contribution in [0.3, 0.4) is 0 Å². The lowest BCUT2D eigenvalue weighted by Crippen LogP contribution is -2.34. The van der Waals surface area contributed by atoms with Crippen molar-refractivity contribution in [2.75, 3.05) is 5.73 Å². The molecule has 0 aliphatic carbocycles. The molecule has 1 aromatic carbocycles. The number of halogens is 3. The molecule has 1 rings (SSSR count). The van der Waals surface area contributed by atoms with Crippen LogP contribution < -0.4 is 15.9 Å². The number of hydrogen-bond donors (Lipinski definition) is 3. The van der Waals surface area contributed by atoms with E-state index in [0.29, 0.717) is 0 Å². The summed E-state index contributed by atoms with van der Waals surface area (Å²) in [4.78, 5) is 0. The van der Waals surface area contributed by atoms with E-state index in [1.807, 2.05) is 0 Å². The summed E-state index contributed by atoms with van der Waals surface area (Å²) in [6.45, 7) is 0. The number of ether oxygens (including phenoxy) is 1. The van der Waals surface area contributed by atoms with Gasteiger partial charge in [0.15, 0.2) is 0 Å². The van der Waals surface area contributed by atoms with Crippen LogP contribution in [0.2, 0.25) is 0 Å². The predicted molar refractivity (Wildman–Crippen MR) is 47.4 cm³/mol. The molecule has 0 bridgehead atoms. The van der Waals surface area contributed by atoms with E-state index in [2.05, 4.69) is 4.74 Å². The van der Waals surface area contributed by atoms with Gasteiger partial charge in [-0.1, -0.05) is 0 Å². The first-order valence-electron chi connectivity index (χ1n) is 3.81. The number of hydrogen-bond acceptors (Lipinski definition) is 4. The highest BCUT2D eigenvalue weighted by atomic mass is 19.4. The van der Waals surface area contributed by atoms with Gasteiger partial charge in [-0.25, -0.2) is 0 Å². The average molecular weight is 221 g/mol. The SMILES string of the molecule is Nc1ccc(OC(F)(F)F)c(B(O)O)c1. The molecular formula is C7H7BF3NO3. The van der Waals surface area contributed by atoms with Crippen LogP contribution in [0.25, 0.3) is 0 Å². The van der Waals surface area contributed by atoms with Gasteiger partial charge in [-0.2, -0.15) is 0 Å². The largest absolute Gasteiger partial charge is 0.573 e. The van der Waals surface area contributed by atoms with Gasteiger partial charge in [-0.3, -0.25) is 0 Å². The third-order valence-corrected chi connectivity index (χ3v) is 1.54. The summed E-state index contributed by atoms with van der Waals surface area (Å²) in [5.41, 5.74) is 4.94. The quantitative estimate of drug-likeness (QED) is 0.479. The zero-order chi connectivity index (χ0) is 11.6. The minimum absolute atomic E-state index is 0.104. The fraction of sp³-hybridized carbons (Fsp3) is 0.143. The molecule has 0 unspecified atom stereocenters. The second-order valence-electron chi connectivity index (χ2n) is 2.72. The summed E-state index contributed by atoms with van der Waals surface area (Å²) in [6, 6.07) is 3.07. The van der Waals surface area contributed by atoms with Gasteiger partial charge in [0.2, 0.25) is 0 Å². The third-order valence-electron chi connectivity index (χ3n) is 1.54. The standard InChI is InChI=1S/C7H7BF3NO3/c9-7(10,11)15-6-2-1-4(12)3-5(6)8(13)14/h1-3,13-14H,12H2. The highest BCUT2D eigenvalue weighted by molar-refractivity contribution is 6.59. The summed E-state index contributed by atoms with van der Waals surface area (Å²) in [5.74, 6) is -0.688. The van der Waals surface area contributed by atoms with E-state index in [0.717, 1.165) is 18.2 Å². The first-order valence-corrected chi connectivity index (χ1v) is 3.81. The lowest BCUT2D eigenvalue weighted by atomic mass is 9.79. The van der Waals surface area contributed by atoms with E-state index in [1.165, 1.54) is 0 Å². The molecule has 0 amide bonds. The summed E-state index contributed by atoms with van der Waals surface area (Å²) in [5, 5.41) is 17.6. The molecule has 4 nitrogen and oxygen atoms in total. The van der Waals surface area contributed by atoms with E-state index in [-0.39, 0.29) is 5.69 Å². The van der Waals surface area contributed by atoms with Gasteiger partial charge in [-0.15, -0.1) is 13.2 Å². The van der Waals surface area contributed by atoms with Gasteiger partial charge < -0.3 is 20.5 Å². The highest BCUT2D eigenvalue weighted by Crippen LogP contribution is 2.22. The third kappa shape index (κ3) is 3.33. The number of nitrogens with two attached hydrogens (primary N) is 1. The van der Waals surface area contributed by atoms with E-state index in [4.69, 9.17) is 15.8 Å². The van der Waals surface area contributed by atoms with E-state index < -0.39 is 24.7 Å². The molecule has 15 heavy (non-hydrogen) atoms. The Labute approximate surface area is 83.2 Å². The Morgan fingerprint density at radius 2 is 1.87 bits per heavy atom. The van der Waals surface area contributed by atoms with Gasteiger partial charge in [0.25, 0.3) is 0 Å². The van der Waals surface area contributed by atoms with Gasteiger partial charge >= 0.3 is 13.5 Å². The van der Waals surface area contributed by atoms with E-state index in [1.54, 1.807) is 0 Å². The zero-order valence-corrected chi connectivity index (χ0v) is 7.32. The molecule has 82 valence electrons. The molecule has 0 saturated carbocycles. The maximum absolute atomic E-state index is 11.9. The number of anilines is 1. The molecule has 0 heterocycles. The first-order chi connectivity index (χ1) is 6.79. The molecular weight excluding hydrogens is 214 g/mol. The fourth-order valence-corrected chi connectivity index (χ4v) is 0.986. The van der Waals surface area contributed by atoms with Crippen molar-refractivity contribution in [3.63, 3.8) is 0 Å². The maximum atomic E-state index is 11.9. The Balaban J connectivity index is 3.06. The minimum atomic E-state index is -4.89. The van der Waals surface area contributed by atoms with Crippen LogP contribution >= 0.6 is 0 Å². The lowest BCUT2D eigenvalue weighted by molar-refractivity contribution is -0.274. The van der Waals surface area contributed by atoms with Crippen molar-refractivity contribution >= 4 is 18.3 Å². The maximum Gasteiger partial charge on any atom is 0.573 e. The second-order valence-corrected chi connectivity index (χ2v) is 2.72. The topological polar surface area (TPSA) is 75.7 Å². The summed E-state index contributed by atoms with van der Waals surface area (Å²) in [7, 11) is -2.08. The van der Waals surface area contributed by atoms with Gasteiger partial charge in [0.05, 0.1) is 0 Å². The molecule has 0 aliphatic rings. The Kier molecular flexibility index (Phi) is 3.11. The van der Waals surface area contributed by atoms with E-state index >= 15 is 0 Å². The van der Waals surface area contributed by atoms with Gasteiger partial charge in [0, 0.05) is 11.2 Å². The van der Waals surface area contributed by atoms with Crippen LogP contribution in [0.1, 0.15) is 0 Å². The van der Waals surface area contributed by atoms with Crippen molar-refractivity contribution in [1.82, 2.24) is 0 Å². The second kappa shape index (κ2) is 3.99. The molecule has 0 aromatic heterocycles. The van der Waals surface area contributed by atoms with Crippen LogP contribution in [0, 0.1) is 0 Å². The first kappa shape index (κ1) is 11.7. The summed E-state index contributed by atoms with van der Waals surface area (Å²) in [6.07, 6.45) is -4.89. The summed E-state index contributed by atoms with van der Waals surface area (Å²) >= 11 is 0. The Bertz CT molecular complexity index is 356. The van der Waals surface area contributed by atoms with Crippen molar-refractivity contribution in [3.8, 4) is 5.75 Å². The molecule has 1 aromatic rings. The van der Waals surface area contributed by atoms with Crippen molar-refractivity contribution in [3.05, 3.63) is 18.2 Å². The van der Waals surface area contributed by atoms with Crippen LogP contribution in [-0.2, 0) is 0 Å². The zero-order valence-electron chi connectivity index (χ0n) is 7.32. The van der Waals surface area contributed by atoms with E-state index in [9.17, 15) is 13.2 Å². The van der Waals surface area contributed by atoms with Gasteiger partial charge in [0.1, 0.15) is 5.75 Å². The van der Waals surface area contributed by atoms with Crippen molar-refractivity contribution < 1.29 is 28.0 Å². The molecule has 0 saturated heterocycles. The number of nitrogen functional groups attached to an aromatic ring is 1. The van der Waals surface area contributed by atoms with Crippen LogP contribution in [0.5, 0.6) is 5.75 Å². The fourth-order valence-electron chi connectivity index (χ4n) is 0.986. The minimum Gasteiger partial charge on any atom is -0.423 e. The molecule has 0 atom stereocenters. The molecule has 4 N–H and O–H groups in total. The highest BCUT2D eigenvalue weighted by Gasteiger charge is 2.33. The molecule has 0 spiro atoms. The van der Waals surface area contributed by atoms with Crippen LogP contribution in [0.4, 0.5) is 18.9 Å². The summed E-state index contributed by atoms with van der Waals surface area (Å²) < 4.78 is 39.2. The monoisotopic (exact) mass is 221 g/mol. The van der Waals surface area contributed by atoms with Crippen LogP contribution in [-0.4, -0.2) is 23.5 Å². The smallest absolute Gasteiger partial charge is 0.423 e. The van der Waals surface area contributed by atoms with Crippen molar-refractivity contribution in [2.24, 2.45) is 0 Å². The lowest BCUT2D eigenvalue weighted by Gasteiger charge is -2.13. The molecule has 0 fully saturated rings. The number of benzene rings is 1. The normalized spacial score (nSPS) is 11.3.